The maximum atomic E-state index is 12.4. The van der Waals surface area contributed by atoms with Crippen molar-refractivity contribution >= 4 is 52.9 Å². The quantitative estimate of drug-likeness (QED) is 0.429. The van der Waals surface area contributed by atoms with E-state index in [1.54, 1.807) is 34.2 Å². The fraction of sp³-hybridized carbons (Fsp3) is 0.400. The minimum absolute atomic E-state index is 0. The Labute approximate surface area is 162 Å². The summed E-state index contributed by atoms with van der Waals surface area (Å²) < 4.78 is 1.70. The van der Waals surface area contributed by atoms with Gasteiger partial charge in [-0.05, 0) is 11.4 Å². The van der Waals surface area contributed by atoms with Gasteiger partial charge in [0.1, 0.15) is 6.54 Å². The summed E-state index contributed by atoms with van der Waals surface area (Å²) >= 11 is 1.70. The molecule has 0 saturated carbocycles. The number of carbonyl (C=O) groups is 1. The third kappa shape index (κ3) is 4.26. The highest BCUT2D eigenvalue weighted by atomic mass is 127. The van der Waals surface area contributed by atoms with Crippen molar-refractivity contribution in [3.05, 3.63) is 34.8 Å². The zero-order valence-corrected chi connectivity index (χ0v) is 16.8. The molecule has 1 N–H and O–H groups in total. The van der Waals surface area contributed by atoms with Crippen molar-refractivity contribution in [3.8, 4) is 0 Å². The van der Waals surface area contributed by atoms with Crippen LogP contribution in [0.1, 0.15) is 4.88 Å². The molecule has 0 aliphatic carbocycles. The van der Waals surface area contributed by atoms with Gasteiger partial charge in [-0.25, -0.2) is 0 Å². The van der Waals surface area contributed by atoms with Gasteiger partial charge in [-0.3, -0.25) is 14.5 Å². The van der Waals surface area contributed by atoms with Gasteiger partial charge in [-0.2, -0.15) is 5.10 Å². The molecular formula is C15H21IN6OS. The fourth-order valence-corrected chi connectivity index (χ4v) is 3.23. The van der Waals surface area contributed by atoms with E-state index in [2.05, 4.69) is 26.9 Å². The Hall–Kier alpha value is -1.62. The van der Waals surface area contributed by atoms with Crippen LogP contribution in [-0.4, -0.2) is 53.2 Å². The lowest BCUT2D eigenvalue weighted by Gasteiger charge is -2.35. The van der Waals surface area contributed by atoms with Crippen molar-refractivity contribution in [2.45, 2.75) is 6.54 Å². The average molecular weight is 460 g/mol. The van der Waals surface area contributed by atoms with Gasteiger partial charge in [0.05, 0.1) is 18.4 Å². The minimum Gasteiger partial charge on any atom is -0.351 e. The monoisotopic (exact) mass is 460 g/mol. The van der Waals surface area contributed by atoms with Gasteiger partial charge >= 0.3 is 0 Å². The number of carbonyl (C=O) groups excluding carboxylic acids is 1. The van der Waals surface area contributed by atoms with Gasteiger partial charge in [0, 0.05) is 38.3 Å². The predicted molar refractivity (Wildman–Crippen MR) is 107 cm³/mol. The summed E-state index contributed by atoms with van der Waals surface area (Å²) in [7, 11) is 3.59. The van der Waals surface area contributed by atoms with Crippen molar-refractivity contribution in [2.24, 2.45) is 12.0 Å². The van der Waals surface area contributed by atoms with Crippen LogP contribution in [0.15, 0.2) is 34.9 Å². The largest absolute Gasteiger partial charge is 0.351 e. The SMILES string of the molecule is CN=C(NCc1cccs1)N1CCN(c2cnn(C)c2)C(=O)C1.I. The molecule has 3 rings (SSSR count). The number of amides is 1. The molecule has 3 heterocycles. The van der Waals surface area contributed by atoms with E-state index in [0.717, 1.165) is 24.7 Å². The van der Waals surface area contributed by atoms with E-state index in [4.69, 9.17) is 0 Å². The van der Waals surface area contributed by atoms with Crippen LogP contribution in [0.25, 0.3) is 0 Å². The van der Waals surface area contributed by atoms with Crippen molar-refractivity contribution in [1.82, 2.24) is 20.0 Å². The molecule has 0 aromatic carbocycles. The first-order chi connectivity index (χ1) is 11.2. The Bertz CT molecular complexity index is 699. The molecule has 130 valence electrons. The van der Waals surface area contributed by atoms with Gasteiger partial charge < -0.3 is 15.1 Å². The normalized spacial score (nSPS) is 15.4. The molecular weight excluding hydrogens is 439 g/mol. The molecule has 0 atom stereocenters. The van der Waals surface area contributed by atoms with Crippen LogP contribution >= 0.6 is 35.3 Å². The first-order valence-electron chi connectivity index (χ1n) is 7.44. The van der Waals surface area contributed by atoms with Crippen molar-refractivity contribution in [1.29, 1.82) is 0 Å². The third-order valence-electron chi connectivity index (χ3n) is 3.74. The Morgan fingerprint density at radius 1 is 1.46 bits per heavy atom. The van der Waals surface area contributed by atoms with Gasteiger partial charge in [0.2, 0.25) is 5.91 Å². The molecule has 2 aromatic heterocycles. The second kappa shape index (κ2) is 8.47. The number of hydrogen-bond acceptors (Lipinski definition) is 4. The second-order valence-electron chi connectivity index (χ2n) is 5.32. The summed E-state index contributed by atoms with van der Waals surface area (Å²) in [5, 5.41) is 9.50. The molecule has 7 nitrogen and oxygen atoms in total. The van der Waals surface area contributed by atoms with Gasteiger partial charge in [-0.15, -0.1) is 35.3 Å². The molecule has 2 aromatic rings. The van der Waals surface area contributed by atoms with Crippen LogP contribution in [0, 0.1) is 0 Å². The molecule has 1 aliphatic heterocycles. The Morgan fingerprint density at radius 2 is 2.29 bits per heavy atom. The number of nitrogens with one attached hydrogen (secondary N) is 1. The molecule has 1 fully saturated rings. The smallest absolute Gasteiger partial charge is 0.246 e. The first kappa shape index (κ1) is 18.7. The predicted octanol–water partition coefficient (Wildman–Crippen LogP) is 1.52. The number of thiophene rings is 1. The summed E-state index contributed by atoms with van der Waals surface area (Å²) in [6.07, 6.45) is 3.58. The number of halogens is 1. The van der Waals surface area contributed by atoms with E-state index in [0.29, 0.717) is 13.1 Å². The number of aliphatic imine (C=N–C) groups is 1. The van der Waals surface area contributed by atoms with Crippen LogP contribution in [0.3, 0.4) is 0 Å². The number of hydrogen-bond donors (Lipinski definition) is 1. The lowest BCUT2D eigenvalue weighted by Crippen LogP contribution is -2.55. The summed E-state index contributed by atoms with van der Waals surface area (Å²) in [5.41, 5.74) is 0.846. The highest BCUT2D eigenvalue weighted by Crippen LogP contribution is 2.16. The molecule has 0 unspecified atom stereocenters. The molecule has 0 bridgehead atoms. The van der Waals surface area contributed by atoms with E-state index in [1.165, 1.54) is 4.88 Å². The molecule has 24 heavy (non-hydrogen) atoms. The molecule has 0 radical (unpaired) electrons. The third-order valence-corrected chi connectivity index (χ3v) is 4.61. The lowest BCUT2D eigenvalue weighted by atomic mass is 10.3. The number of nitrogens with zero attached hydrogens (tertiary/aromatic N) is 5. The summed E-state index contributed by atoms with van der Waals surface area (Å²) in [4.78, 5) is 21.7. The lowest BCUT2D eigenvalue weighted by molar-refractivity contribution is -0.120. The number of guanidine groups is 1. The molecule has 1 saturated heterocycles. The number of aryl methyl sites for hydroxylation is 1. The topological polar surface area (TPSA) is 65.8 Å². The van der Waals surface area contributed by atoms with E-state index >= 15 is 0 Å². The van der Waals surface area contributed by atoms with Crippen LogP contribution in [0.2, 0.25) is 0 Å². The number of anilines is 1. The van der Waals surface area contributed by atoms with E-state index < -0.39 is 0 Å². The van der Waals surface area contributed by atoms with E-state index in [-0.39, 0.29) is 29.9 Å². The van der Waals surface area contributed by atoms with E-state index in [1.807, 2.05) is 24.2 Å². The van der Waals surface area contributed by atoms with Gasteiger partial charge in [0.15, 0.2) is 5.96 Å². The summed E-state index contributed by atoms with van der Waals surface area (Å²) in [5.74, 6) is 0.820. The van der Waals surface area contributed by atoms with Crippen LogP contribution in [0.4, 0.5) is 5.69 Å². The molecule has 1 amide bonds. The zero-order valence-electron chi connectivity index (χ0n) is 13.7. The van der Waals surface area contributed by atoms with Crippen LogP contribution < -0.4 is 10.2 Å². The molecule has 1 aliphatic rings. The minimum atomic E-state index is 0. The Balaban J connectivity index is 0.00000208. The average Bonchev–Trinajstić information content (AvgIpc) is 3.20. The Morgan fingerprint density at radius 3 is 2.88 bits per heavy atom. The second-order valence-corrected chi connectivity index (χ2v) is 6.35. The van der Waals surface area contributed by atoms with Gasteiger partial charge in [0.25, 0.3) is 0 Å². The zero-order chi connectivity index (χ0) is 16.2. The Kier molecular flexibility index (Phi) is 6.60. The van der Waals surface area contributed by atoms with Crippen molar-refractivity contribution < 1.29 is 4.79 Å². The highest BCUT2D eigenvalue weighted by Gasteiger charge is 2.27. The fourth-order valence-electron chi connectivity index (χ4n) is 2.59. The first-order valence-corrected chi connectivity index (χ1v) is 8.32. The van der Waals surface area contributed by atoms with Gasteiger partial charge in [-0.1, -0.05) is 6.07 Å². The maximum Gasteiger partial charge on any atom is 0.246 e. The molecule has 0 spiro atoms. The van der Waals surface area contributed by atoms with Crippen molar-refractivity contribution in [3.63, 3.8) is 0 Å². The van der Waals surface area contributed by atoms with Crippen LogP contribution in [0.5, 0.6) is 0 Å². The van der Waals surface area contributed by atoms with Crippen molar-refractivity contribution in [2.75, 3.05) is 31.6 Å². The maximum absolute atomic E-state index is 12.4. The van der Waals surface area contributed by atoms with Crippen LogP contribution in [-0.2, 0) is 18.4 Å². The number of piperazine rings is 1. The summed E-state index contributed by atoms with van der Waals surface area (Å²) in [6, 6.07) is 4.11. The molecule has 9 heteroatoms. The highest BCUT2D eigenvalue weighted by molar-refractivity contribution is 14.0. The summed E-state index contributed by atoms with van der Waals surface area (Å²) in [6.45, 7) is 2.41. The number of aromatic nitrogens is 2. The standard InChI is InChI=1S/C15H20N6OS.HI/c1-16-15(17-9-13-4-3-7-23-13)20-5-6-21(14(22)11-20)12-8-18-19(2)10-12;/h3-4,7-8,10H,5-6,9,11H2,1-2H3,(H,16,17);1H. The van der Waals surface area contributed by atoms with E-state index in [9.17, 15) is 4.79 Å². The number of rotatable bonds is 3.